The van der Waals surface area contributed by atoms with Gasteiger partial charge in [0, 0.05) is 4.88 Å². The van der Waals surface area contributed by atoms with E-state index >= 15 is 0 Å². The van der Waals surface area contributed by atoms with Crippen molar-refractivity contribution in [3.63, 3.8) is 0 Å². The SMILES string of the molecule is O=Cc1ccc(CNC(=O)CCl)s1. The number of carbonyl (C=O) groups excluding carboxylic acids is 2. The minimum absolute atomic E-state index is 0.0358. The van der Waals surface area contributed by atoms with Crippen LogP contribution in [0.1, 0.15) is 14.5 Å². The van der Waals surface area contributed by atoms with Crippen LogP contribution in [0, 0.1) is 0 Å². The molecule has 3 nitrogen and oxygen atoms in total. The molecule has 13 heavy (non-hydrogen) atoms. The molecule has 1 amide bonds. The third-order valence-corrected chi connectivity index (χ3v) is 2.63. The van der Waals surface area contributed by atoms with E-state index in [4.69, 9.17) is 11.6 Å². The normalized spacial score (nSPS) is 9.62. The molecule has 0 aromatic carbocycles. The lowest BCUT2D eigenvalue weighted by Gasteiger charge is -1.98. The van der Waals surface area contributed by atoms with E-state index in [2.05, 4.69) is 5.32 Å². The van der Waals surface area contributed by atoms with Crippen molar-refractivity contribution in [3.8, 4) is 0 Å². The van der Waals surface area contributed by atoms with E-state index in [0.717, 1.165) is 11.2 Å². The van der Waals surface area contributed by atoms with Crippen LogP contribution in [0.15, 0.2) is 12.1 Å². The zero-order chi connectivity index (χ0) is 9.68. The molecule has 0 spiro atoms. The van der Waals surface area contributed by atoms with Crippen LogP contribution >= 0.6 is 22.9 Å². The number of alkyl halides is 1. The lowest BCUT2D eigenvalue weighted by molar-refractivity contribution is -0.118. The van der Waals surface area contributed by atoms with Gasteiger partial charge in [-0.15, -0.1) is 22.9 Å². The Balaban J connectivity index is 2.45. The second kappa shape index (κ2) is 4.99. The van der Waals surface area contributed by atoms with Gasteiger partial charge in [0.25, 0.3) is 0 Å². The van der Waals surface area contributed by atoms with Crippen molar-refractivity contribution in [3.05, 3.63) is 21.9 Å². The van der Waals surface area contributed by atoms with Gasteiger partial charge in [-0.25, -0.2) is 0 Å². The Kier molecular flexibility index (Phi) is 3.92. The predicted molar refractivity (Wildman–Crippen MR) is 52.3 cm³/mol. The lowest BCUT2D eigenvalue weighted by Crippen LogP contribution is -2.23. The summed E-state index contributed by atoms with van der Waals surface area (Å²) in [6.45, 7) is 0.435. The topological polar surface area (TPSA) is 46.2 Å². The zero-order valence-corrected chi connectivity index (χ0v) is 8.32. The molecule has 1 rings (SSSR count). The van der Waals surface area contributed by atoms with Crippen molar-refractivity contribution in [2.45, 2.75) is 6.54 Å². The highest BCUT2D eigenvalue weighted by molar-refractivity contribution is 7.13. The van der Waals surface area contributed by atoms with E-state index in [1.807, 2.05) is 6.07 Å². The van der Waals surface area contributed by atoms with Gasteiger partial charge < -0.3 is 5.32 Å². The molecule has 0 fully saturated rings. The highest BCUT2D eigenvalue weighted by Crippen LogP contribution is 2.13. The van der Waals surface area contributed by atoms with Crippen LogP contribution < -0.4 is 5.32 Å². The summed E-state index contributed by atoms with van der Waals surface area (Å²) < 4.78 is 0. The maximum Gasteiger partial charge on any atom is 0.235 e. The first-order valence-electron chi connectivity index (χ1n) is 3.63. The first-order valence-corrected chi connectivity index (χ1v) is 4.98. The second-order valence-electron chi connectivity index (χ2n) is 2.33. The number of amides is 1. The first kappa shape index (κ1) is 10.2. The number of rotatable bonds is 4. The van der Waals surface area contributed by atoms with Gasteiger partial charge in [0.15, 0.2) is 6.29 Å². The van der Waals surface area contributed by atoms with Gasteiger partial charge in [0.2, 0.25) is 5.91 Å². The monoisotopic (exact) mass is 217 g/mol. The Morgan fingerprint density at radius 2 is 2.38 bits per heavy atom. The molecule has 1 N–H and O–H groups in total. The summed E-state index contributed by atoms with van der Waals surface area (Å²) in [5, 5.41) is 2.61. The molecule has 0 unspecified atom stereocenters. The van der Waals surface area contributed by atoms with Crippen molar-refractivity contribution >= 4 is 35.1 Å². The predicted octanol–water partition coefficient (Wildman–Crippen LogP) is 1.42. The van der Waals surface area contributed by atoms with Crippen molar-refractivity contribution in [2.24, 2.45) is 0 Å². The molecule has 0 bridgehead atoms. The maximum absolute atomic E-state index is 10.8. The summed E-state index contributed by atoms with van der Waals surface area (Å²) in [5.74, 6) is -0.242. The van der Waals surface area contributed by atoms with Crippen LogP contribution in [0.25, 0.3) is 0 Å². The molecule has 70 valence electrons. The Morgan fingerprint density at radius 1 is 1.62 bits per heavy atom. The van der Waals surface area contributed by atoms with Crippen molar-refractivity contribution < 1.29 is 9.59 Å². The molecule has 0 aliphatic heterocycles. The van der Waals surface area contributed by atoms with Gasteiger partial charge in [0.1, 0.15) is 5.88 Å². The molecular weight excluding hydrogens is 210 g/mol. The molecule has 1 aromatic rings. The third kappa shape index (κ3) is 3.16. The highest BCUT2D eigenvalue weighted by Gasteiger charge is 2.01. The summed E-state index contributed by atoms with van der Waals surface area (Å²) in [6, 6.07) is 3.53. The van der Waals surface area contributed by atoms with E-state index in [9.17, 15) is 9.59 Å². The van der Waals surface area contributed by atoms with E-state index in [1.54, 1.807) is 6.07 Å². The minimum Gasteiger partial charge on any atom is -0.350 e. The largest absolute Gasteiger partial charge is 0.350 e. The molecule has 1 aromatic heterocycles. The van der Waals surface area contributed by atoms with E-state index in [-0.39, 0.29) is 11.8 Å². The zero-order valence-electron chi connectivity index (χ0n) is 6.75. The Labute approximate surface area is 84.7 Å². The Hall–Kier alpha value is -0.870. The Bertz CT molecular complexity index is 311. The molecule has 0 saturated heterocycles. The fourth-order valence-electron chi connectivity index (χ4n) is 0.786. The maximum atomic E-state index is 10.8. The van der Waals surface area contributed by atoms with E-state index in [1.165, 1.54) is 11.3 Å². The number of hydrogen-bond acceptors (Lipinski definition) is 3. The number of thiophene rings is 1. The van der Waals surface area contributed by atoms with Crippen LogP contribution in [0.5, 0.6) is 0 Å². The summed E-state index contributed by atoms with van der Waals surface area (Å²) in [5.41, 5.74) is 0. The smallest absolute Gasteiger partial charge is 0.235 e. The molecule has 0 aliphatic rings. The van der Waals surface area contributed by atoms with Gasteiger partial charge in [-0.1, -0.05) is 0 Å². The molecule has 0 atom stereocenters. The molecule has 0 aliphatic carbocycles. The first-order chi connectivity index (χ1) is 6.26. The number of halogens is 1. The third-order valence-electron chi connectivity index (χ3n) is 1.38. The summed E-state index contributed by atoms with van der Waals surface area (Å²) in [4.78, 5) is 22.7. The van der Waals surface area contributed by atoms with Crippen LogP contribution in [-0.2, 0) is 11.3 Å². The minimum atomic E-state index is -0.206. The second-order valence-corrected chi connectivity index (χ2v) is 3.80. The Morgan fingerprint density at radius 3 is 2.92 bits per heavy atom. The van der Waals surface area contributed by atoms with Gasteiger partial charge in [0.05, 0.1) is 11.4 Å². The molecule has 0 radical (unpaired) electrons. The fourth-order valence-corrected chi connectivity index (χ4v) is 1.65. The van der Waals surface area contributed by atoms with Gasteiger partial charge in [-0.2, -0.15) is 0 Å². The number of aldehydes is 1. The van der Waals surface area contributed by atoms with Crippen molar-refractivity contribution in [1.82, 2.24) is 5.32 Å². The van der Waals surface area contributed by atoms with Crippen LogP contribution in [0.3, 0.4) is 0 Å². The highest BCUT2D eigenvalue weighted by atomic mass is 35.5. The quantitative estimate of drug-likeness (QED) is 0.613. The summed E-state index contributed by atoms with van der Waals surface area (Å²) >= 11 is 6.65. The van der Waals surface area contributed by atoms with E-state index < -0.39 is 0 Å². The standard InChI is InChI=1S/C8H8ClNO2S/c9-3-8(12)10-4-6-1-2-7(5-11)13-6/h1-2,5H,3-4H2,(H,10,12). The van der Waals surface area contributed by atoms with Gasteiger partial charge >= 0.3 is 0 Å². The molecular formula is C8H8ClNO2S. The summed E-state index contributed by atoms with van der Waals surface area (Å²) in [6.07, 6.45) is 0.789. The van der Waals surface area contributed by atoms with Crippen LogP contribution in [0.4, 0.5) is 0 Å². The van der Waals surface area contributed by atoms with Gasteiger partial charge in [-0.05, 0) is 12.1 Å². The summed E-state index contributed by atoms with van der Waals surface area (Å²) in [7, 11) is 0. The average Bonchev–Trinajstić information content (AvgIpc) is 2.61. The number of nitrogens with one attached hydrogen (secondary N) is 1. The van der Waals surface area contributed by atoms with Crippen molar-refractivity contribution in [1.29, 1.82) is 0 Å². The number of hydrogen-bond donors (Lipinski definition) is 1. The van der Waals surface area contributed by atoms with E-state index in [0.29, 0.717) is 11.4 Å². The fraction of sp³-hybridized carbons (Fsp3) is 0.250. The average molecular weight is 218 g/mol. The molecule has 5 heteroatoms. The van der Waals surface area contributed by atoms with Crippen LogP contribution in [-0.4, -0.2) is 18.1 Å². The number of carbonyl (C=O) groups is 2. The molecule has 1 heterocycles. The van der Waals surface area contributed by atoms with Crippen molar-refractivity contribution in [2.75, 3.05) is 5.88 Å². The van der Waals surface area contributed by atoms with Crippen LogP contribution in [0.2, 0.25) is 0 Å². The molecule has 0 saturated carbocycles. The van der Waals surface area contributed by atoms with Gasteiger partial charge in [-0.3, -0.25) is 9.59 Å². The lowest BCUT2D eigenvalue weighted by atomic mass is 10.4.